The van der Waals surface area contributed by atoms with E-state index < -0.39 is 5.51 Å². The Kier molecular flexibility index (Phi) is 6.72. The molecular formula is C14H20F3NS. The fraction of sp³-hybridized carbons (Fsp3) is 0.571. The van der Waals surface area contributed by atoms with Gasteiger partial charge in [0.25, 0.3) is 0 Å². The summed E-state index contributed by atoms with van der Waals surface area (Å²) in [5.74, 6) is 0.0434. The van der Waals surface area contributed by atoms with Crippen molar-refractivity contribution in [3.8, 4) is 0 Å². The lowest BCUT2D eigenvalue weighted by Crippen LogP contribution is -2.22. The third-order valence-corrected chi connectivity index (χ3v) is 3.57. The molecule has 1 nitrogen and oxygen atoms in total. The summed E-state index contributed by atoms with van der Waals surface area (Å²) in [6.45, 7) is 4.45. The normalized spacial score (nSPS) is 13.5. The molecule has 0 amide bonds. The van der Waals surface area contributed by atoms with E-state index >= 15 is 0 Å². The van der Waals surface area contributed by atoms with Gasteiger partial charge in [-0.05, 0) is 36.2 Å². The molecule has 0 radical (unpaired) electrons. The summed E-state index contributed by atoms with van der Waals surface area (Å²) in [6.07, 6.45) is 2.17. The van der Waals surface area contributed by atoms with Gasteiger partial charge in [-0.2, -0.15) is 13.2 Å². The van der Waals surface area contributed by atoms with Crippen molar-refractivity contribution in [2.24, 2.45) is 0 Å². The van der Waals surface area contributed by atoms with Crippen LogP contribution in [0.15, 0.2) is 24.3 Å². The fourth-order valence-electron chi connectivity index (χ4n) is 1.82. The second-order valence-corrected chi connectivity index (χ2v) is 5.62. The Morgan fingerprint density at radius 2 is 1.84 bits per heavy atom. The average molecular weight is 291 g/mol. The van der Waals surface area contributed by atoms with Crippen LogP contribution in [0, 0.1) is 0 Å². The number of hydrogen-bond donors (Lipinski definition) is 1. The first-order valence-electron chi connectivity index (χ1n) is 6.45. The third-order valence-electron chi connectivity index (χ3n) is 2.84. The van der Waals surface area contributed by atoms with Crippen molar-refractivity contribution in [2.45, 2.75) is 38.2 Å². The minimum absolute atomic E-state index is 0.0173. The van der Waals surface area contributed by atoms with E-state index in [1.807, 2.05) is 19.1 Å². The van der Waals surface area contributed by atoms with Crippen LogP contribution in [0.5, 0.6) is 0 Å². The van der Waals surface area contributed by atoms with E-state index in [1.54, 1.807) is 0 Å². The van der Waals surface area contributed by atoms with Gasteiger partial charge < -0.3 is 5.32 Å². The summed E-state index contributed by atoms with van der Waals surface area (Å²) in [7, 11) is 0. The Bertz CT molecular complexity index is 362. The number of alkyl halides is 3. The van der Waals surface area contributed by atoms with E-state index in [0.29, 0.717) is 6.54 Å². The van der Waals surface area contributed by atoms with E-state index in [9.17, 15) is 13.2 Å². The molecule has 0 aliphatic carbocycles. The lowest BCUT2D eigenvalue weighted by atomic mass is 10.0. The van der Waals surface area contributed by atoms with Crippen molar-refractivity contribution in [2.75, 3.05) is 12.3 Å². The van der Waals surface area contributed by atoms with Gasteiger partial charge in [-0.25, -0.2) is 0 Å². The molecule has 5 heteroatoms. The number of thioether (sulfide) groups is 1. The van der Waals surface area contributed by atoms with Crippen LogP contribution >= 0.6 is 11.8 Å². The number of aryl methyl sites for hydroxylation is 1. The number of benzene rings is 1. The zero-order valence-electron chi connectivity index (χ0n) is 11.3. The molecule has 0 saturated heterocycles. The number of rotatable bonds is 7. The van der Waals surface area contributed by atoms with Crippen LogP contribution < -0.4 is 5.32 Å². The van der Waals surface area contributed by atoms with E-state index in [0.717, 1.165) is 18.4 Å². The Balaban J connectivity index is 2.34. The quantitative estimate of drug-likeness (QED) is 0.740. The summed E-state index contributed by atoms with van der Waals surface area (Å²) in [4.78, 5) is 0. The summed E-state index contributed by atoms with van der Waals surface area (Å²) in [6, 6.07) is 8.33. The maximum atomic E-state index is 12.0. The zero-order chi connectivity index (χ0) is 14.3. The summed E-state index contributed by atoms with van der Waals surface area (Å²) in [5, 5.41) is 3.10. The van der Waals surface area contributed by atoms with Crippen LogP contribution in [0.1, 0.15) is 37.4 Å². The molecular weight excluding hydrogens is 271 g/mol. The predicted octanol–water partition coefficient (Wildman–Crippen LogP) is 4.54. The molecule has 0 bridgehead atoms. The maximum absolute atomic E-state index is 12.0. The molecule has 0 spiro atoms. The maximum Gasteiger partial charge on any atom is 0.441 e. The lowest BCUT2D eigenvalue weighted by molar-refractivity contribution is -0.0327. The highest BCUT2D eigenvalue weighted by Crippen LogP contribution is 2.29. The van der Waals surface area contributed by atoms with Gasteiger partial charge in [0, 0.05) is 18.3 Å². The van der Waals surface area contributed by atoms with Gasteiger partial charge in [0.1, 0.15) is 0 Å². The van der Waals surface area contributed by atoms with Gasteiger partial charge in [-0.3, -0.25) is 0 Å². The third kappa shape index (κ3) is 6.87. The SMILES string of the molecule is CCCc1ccc(C(C)NCCSC(F)(F)F)cc1. The van der Waals surface area contributed by atoms with Crippen LogP contribution in [0.4, 0.5) is 13.2 Å². The highest BCUT2D eigenvalue weighted by atomic mass is 32.2. The molecule has 0 aliphatic rings. The largest absolute Gasteiger partial charge is 0.441 e. The van der Waals surface area contributed by atoms with E-state index in [1.165, 1.54) is 5.56 Å². The van der Waals surface area contributed by atoms with Crippen molar-refractivity contribution in [3.05, 3.63) is 35.4 Å². The first kappa shape index (κ1) is 16.4. The van der Waals surface area contributed by atoms with Gasteiger partial charge >= 0.3 is 5.51 Å². The fourth-order valence-corrected chi connectivity index (χ4v) is 2.27. The predicted molar refractivity (Wildman–Crippen MR) is 75.4 cm³/mol. The molecule has 0 heterocycles. The van der Waals surface area contributed by atoms with E-state index in [2.05, 4.69) is 24.4 Å². The van der Waals surface area contributed by atoms with Crippen molar-refractivity contribution in [3.63, 3.8) is 0 Å². The zero-order valence-corrected chi connectivity index (χ0v) is 12.1. The van der Waals surface area contributed by atoms with Gasteiger partial charge in [0.2, 0.25) is 0 Å². The molecule has 108 valence electrons. The number of hydrogen-bond acceptors (Lipinski definition) is 2. The molecule has 0 aromatic heterocycles. The van der Waals surface area contributed by atoms with Crippen molar-refractivity contribution < 1.29 is 13.2 Å². The van der Waals surface area contributed by atoms with Crippen molar-refractivity contribution >= 4 is 11.8 Å². The molecule has 1 aromatic rings. The molecule has 1 N–H and O–H groups in total. The lowest BCUT2D eigenvalue weighted by Gasteiger charge is -2.15. The summed E-state index contributed by atoms with van der Waals surface area (Å²) >= 11 is 0.0173. The van der Waals surface area contributed by atoms with E-state index in [4.69, 9.17) is 0 Å². The minimum atomic E-state index is -4.13. The molecule has 0 saturated carbocycles. The summed E-state index contributed by atoms with van der Waals surface area (Å²) < 4.78 is 35.9. The Labute approximate surface area is 117 Å². The second-order valence-electron chi connectivity index (χ2n) is 4.46. The molecule has 1 unspecified atom stereocenters. The Morgan fingerprint density at radius 1 is 1.21 bits per heavy atom. The minimum Gasteiger partial charge on any atom is -0.309 e. The molecule has 1 aromatic carbocycles. The first-order valence-corrected chi connectivity index (χ1v) is 7.44. The molecule has 19 heavy (non-hydrogen) atoms. The van der Waals surface area contributed by atoms with Gasteiger partial charge in [-0.1, -0.05) is 37.6 Å². The van der Waals surface area contributed by atoms with E-state index in [-0.39, 0.29) is 23.6 Å². The Hall–Kier alpha value is -0.680. The number of halogens is 3. The van der Waals surface area contributed by atoms with Crippen LogP contribution in [0.2, 0.25) is 0 Å². The van der Waals surface area contributed by atoms with Crippen LogP contribution in [-0.4, -0.2) is 17.8 Å². The highest BCUT2D eigenvalue weighted by Gasteiger charge is 2.27. The average Bonchev–Trinajstić information content (AvgIpc) is 2.34. The second kappa shape index (κ2) is 7.80. The van der Waals surface area contributed by atoms with Gasteiger partial charge in [0.05, 0.1) is 0 Å². The molecule has 1 atom stereocenters. The van der Waals surface area contributed by atoms with Crippen LogP contribution in [0.25, 0.3) is 0 Å². The monoisotopic (exact) mass is 291 g/mol. The Morgan fingerprint density at radius 3 is 2.37 bits per heavy atom. The molecule has 0 fully saturated rings. The first-order chi connectivity index (χ1) is 8.92. The standard InChI is InChI=1S/C14H20F3NS/c1-3-4-12-5-7-13(8-6-12)11(2)18-9-10-19-14(15,16)17/h5-8,11,18H,3-4,9-10H2,1-2H3. The number of nitrogens with one attached hydrogen (secondary N) is 1. The van der Waals surface area contributed by atoms with Crippen LogP contribution in [0.3, 0.4) is 0 Å². The smallest absolute Gasteiger partial charge is 0.309 e. The van der Waals surface area contributed by atoms with Gasteiger partial charge in [-0.15, -0.1) is 0 Å². The van der Waals surface area contributed by atoms with Gasteiger partial charge in [0.15, 0.2) is 0 Å². The molecule has 1 rings (SSSR count). The highest BCUT2D eigenvalue weighted by molar-refractivity contribution is 8.00. The molecule has 0 aliphatic heterocycles. The van der Waals surface area contributed by atoms with Crippen LogP contribution in [-0.2, 0) is 6.42 Å². The topological polar surface area (TPSA) is 12.0 Å². The van der Waals surface area contributed by atoms with Crippen molar-refractivity contribution in [1.29, 1.82) is 0 Å². The summed E-state index contributed by atoms with van der Waals surface area (Å²) in [5.41, 5.74) is -1.73. The van der Waals surface area contributed by atoms with Crippen molar-refractivity contribution in [1.82, 2.24) is 5.32 Å².